The van der Waals surface area contributed by atoms with E-state index in [0.29, 0.717) is 57.0 Å². The first-order chi connectivity index (χ1) is 20.5. The zero-order valence-electron chi connectivity index (χ0n) is 26.0. The first-order valence-electron chi connectivity index (χ1n) is 15.7. The summed E-state index contributed by atoms with van der Waals surface area (Å²) in [6.45, 7) is 11.4. The minimum atomic E-state index is -1.11. The van der Waals surface area contributed by atoms with Crippen molar-refractivity contribution in [2.75, 3.05) is 44.2 Å². The highest BCUT2D eigenvalue weighted by atomic mass is 16.5. The predicted octanol–water partition coefficient (Wildman–Crippen LogP) is 5.20. The van der Waals surface area contributed by atoms with Gasteiger partial charge in [-0.3, -0.25) is 9.59 Å². The summed E-state index contributed by atoms with van der Waals surface area (Å²) in [6, 6.07) is 16.8. The van der Waals surface area contributed by atoms with E-state index in [1.165, 1.54) is 16.0 Å². The van der Waals surface area contributed by atoms with Gasteiger partial charge in [-0.2, -0.15) is 0 Å². The molecule has 0 spiro atoms. The zero-order chi connectivity index (χ0) is 30.7. The van der Waals surface area contributed by atoms with Gasteiger partial charge in [-0.25, -0.2) is 4.79 Å². The van der Waals surface area contributed by atoms with Crippen molar-refractivity contribution in [2.24, 2.45) is 5.92 Å². The second-order valence-corrected chi connectivity index (χ2v) is 13.1. The van der Waals surface area contributed by atoms with Crippen LogP contribution in [0.1, 0.15) is 70.4 Å². The first-order valence-corrected chi connectivity index (χ1v) is 15.7. The molecule has 2 saturated heterocycles. The van der Waals surface area contributed by atoms with Gasteiger partial charge in [0.2, 0.25) is 5.91 Å². The molecule has 0 aromatic heterocycles. The van der Waals surface area contributed by atoms with Gasteiger partial charge in [0.15, 0.2) is 5.60 Å². The third-order valence-electron chi connectivity index (χ3n) is 8.95. The van der Waals surface area contributed by atoms with Crippen molar-refractivity contribution < 1.29 is 24.2 Å². The molecule has 232 valence electrons. The van der Waals surface area contributed by atoms with Gasteiger partial charge in [-0.1, -0.05) is 44.2 Å². The number of anilines is 1. The van der Waals surface area contributed by atoms with Gasteiger partial charge in [0.05, 0.1) is 5.92 Å². The number of hydrogen-bond acceptors (Lipinski definition) is 5. The van der Waals surface area contributed by atoms with E-state index >= 15 is 0 Å². The van der Waals surface area contributed by atoms with Crippen LogP contribution in [0.15, 0.2) is 48.5 Å². The second kappa shape index (κ2) is 12.9. The number of piperazine rings is 1. The lowest BCUT2D eigenvalue weighted by Gasteiger charge is -2.38. The van der Waals surface area contributed by atoms with E-state index in [4.69, 9.17) is 4.74 Å². The number of ether oxygens (including phenoxy) is 1. The Bertz CT molecular complexity index is 1300. The average Bonchev–Trinajstić information content (AvgIpc) is 3.85. The molecule has 3 amide bonds. The highest BCUT2D eigenvalue weighted by Crippen LogP contribution is 2.34. The Kier molecular flexibility index (Phi) is 9.18. The molecule has 43 heavy (non-hydrogen) atoms. The second-order valence-electron chi connectivity index (χ2n) is 13.1. The molecule has 0 bridgehead atoms. The fourth-order valence-corrected chi connectivity index (χ4v) is 6.19. The Morgan fingerprint density at radius 2 is 1.63 bits per heavy atom. The Morgan fingerprint density at radius 1 is 0.953 bits per heavy atom. The molecule has 2 aliphatic heterocycles. The topological polar surface area (TPSA) is 93.6 Å². The SMILES string of the molecule is CC(C)c1ccc(CN(C(=O)[C@@H]2CCCN(c3cccc(OC(C)(C)C(=O)N4CCN(C(=O)O)CC4)c3)C2)C2CC2)cc1. The fourth-order valence-electron chi connectivity index (χ4n) is 6.19. The van der Waals surface area contributed by atoms with Crippen molar-refractivity contribution >= 4 is 23.6 Å². The van der Waals surface area contributed by atoms with Crippen LogP contribution in [0.3, 0.4) is 0 Å². The van der Waals surface area contributed by atoms with Crippen LogP contribution in [0.25, 0.3) is 0 Å². The van der Waals surface area contributed by atoms with Crippen LogP contribution >= 0.6 is 0 Å². The van der Waals surface area contributed by atoms with E-state index in [0.717, 1.165) is 37.9 Å². The van der Waals surface area contributed by atoms with E-state index in [9.17, 15) is 19.5 Å². The van der Waals surface area contributed by atoms with Crippen LogP contribution < -0.4 is 9.64 Å². The average molecular weight is 591 g/mol. The van der Waals surface area contributed by atoms with Crippen LogP contribution in [0.4, 0.5) is 10.5 Å². The molecule has 3 fully saturated rings. The number of benzene rings is 2. The fraction of sp³-hybridized carbons (Fsp3) is 0.559. The van der Waals surface area contributed by atoms with E-state index in [2.05, 4.69) is 47.9 Å². The van der Waals surface area contributed by atoms with Gasteiger partial charge in [0, 0.05) is 63.6 Å². The minimum absolute atomic E-state index is 0.0589. The standard InChI is InChI=1S/C34H46N4O5/c1-24(2)26-12-10-25(11-13-26)22-38(28-14-15-28)31(39)27-7-6-16-37(23-27)29-8-5-9-30(21-29)43-34(3,4)32(40)35-17-19-36(20-18-35)33(41)42/h5,8-13,21,24,27-28H,6-7,14-20,22-23H2,1-4H3,(H,41,42)/t27-/m1/s1. The zero-order valence-corrected chi connectivity index (χ0v) is 26.0. The molecule has 1 saturated carbocycles. The number of carbonyl (C=O) groups is 3. The summed E-state index contributed by atoms with van der Waals surface area (Å²) in [5.74, 6) is 1.11. The number of carboxylic acid groups (broad SMARTS) is 1. The summed E-state index contributed by atoms with van der Waals surface area (Å²) in [5, 5.41) is 9.21. The normalized spacial score (nSPS) is 19.4. The molecule has 1 N–H and O–H groups in total. The van der Waals surface area contributed by atoms with Crippen molar-refractivity contribution in [3.05, 3.63) is 59.7 Å². The van der Waals surface area contributed by atoms with E-state index < -0.39 is 11.7 Å². The monoisotopic (exact) mass is 590 g/mol. The quantitative estimate of drug-likeness (QED) is 0.432. The maximum Gasteiger partial charge on any atom is 0.407 e. The Balaban J connectivity index is 1.21. The minimum Gasteiger partial charge on any atom is -0.478 e. The van der Waals surface area contributed by atoms with Crippen LogP contribution in [-0.2, 0) is 16.1 Å². The highest BCUT2D eigenvalue weighted by molar-refractivity contribution is 5.85. The van der Waals surface area contributed by atoms with Crippen LogP contribution in [0, 0.1) is 5.92 Å². The summed E-state index contributed by atoms with van der Waals surface area (Å²) in [4.78, 5) is 45.8. The number of rotatable bonds is 9. The number of hydrogen-bond donors (Lipinski definition) is 1. The molecule has 9 nitrogen and oxygen atoms in total. The first kappa shape index (κ1) is 30.7. The predicted molar refractivity (Wildman–Crippen MR) is 166 cm³/mol. The van der Waals surface area contributed by atoms with Crippen molar-refractivity contribution in [3.8, 4) is 5.75 Å². The van der Waals surface area contributed by atoms with Gasteiger partial charge in [0.1, 0.15) is 5.75 Å². The highest BCUT2D eigenvalue weighted by Gasteiger charge is 2.38. The van der Waals surface area contributed by atoms with Crippen molar-refractivity contribution in [1.82, 2.24) is 14.7 Å². The summed E-state index contributed by atoms with van der Waals surface area (Å²) >= 11 is 0. The molecule has 1 aliphatic carbocycles. The molecular formula is C34H46N4O5. The molecule has 2 aromatic rings. The summed E-state index contributed by atoms with van der Waals surface area (Å²) in [5.41, 5.74) is 2.37. The van der Waals surface area contributed by atoms with Crippen LogP contribution in [0.5, 0.6) is 5.75 Å². The van der Waals surface area contributed by atoms with Crippen molar-refractivity contribution in [3.63, 3.8) is 0 Å². The third-order valence-corrected chi connectivity index (χ3v) is 8.95. The summed E-state index contributed by atoms with van der Waals surface area (Å²) in [7, 11) is 0. The largest absolute Gasteiger partial charge is 0.478 e. The van der Waals surface area contributed by atoms with Gasteiger partial charge in [0.25, 0.3) is 5.91 Å². The Morgan fingerprint density at radius 3 is 2.26 bits per heavy atom. The van der Waals surface area contributed by atoms with Crippen molar-refractivity contribution in [2.45, 2.75) is 77.5 Å². The van der Waals surface area contributed by atoms with Gasteiger partial charge < -0.3 is 29.4 Å². The Labute approximate surface area is 255 Å². The molecule has 0 unspecified atom stereocenters. The molecule has 2 aromatic carbocycles. The van der Waals surface area contributed by atoms with Crippen LogP contribution in [-0.4, -0.2) is 88.6 Å². The third kappa shape index (κ3) is 7.43. The maximum atomic E-state index is 13.9. The number of nitrogens with zero attached hydrogens (tertiary/aromatic N) is 4. The number of carbonyl (C=O) groups excluding carboxylic acids is 2. The lowest BCUT2D eigenvalue weighted by Crippen LogP contribution is -2.56. The summed E-state index contributed by atoms with van der Waals surface area (Å²) < 4.78 is 6.24. The maximum absolute atomic E-state index is 13.9. The lowest BCUT2D eigenvalue weighted by atomic mass is 9.95. The van der Waals surface area contributed by atoms with E-state index in [1.807, 2.05) is 24.3 Å². The van der Waals surface area contributed by atoms with Crippen LogP contribution in [0.2, 0.25) is 0 Å². The molecule has 5 rings (SSSR count). The molecule has 3 aliphatic rings. The number of piperidine rings is 1. The van der Waals surface area contributed by atoms with Crippen molar-refractivity contribution in [1.29, 1.82) is 0 Å². The van der Waals surface area contributed by atoms with Gasteiger partial charge in [-0.15, -0.1) is 0 Å². The molecule has 0 radical (unpaired) electrons. The summed E-state index contributed by atoms with van der Waals surface area (Å²) in [6.07, 6.45) is 3.02. The number of amides is 3. The molecule has 9 heteroatoms. The molecular weight excluding hydrogens is 544 g/mol. The van der Waals surface area contributed by atoms with Gasteiger partial charge in [-0.05, 0) is 68.7 Å². The molecule has 2 heterocycles. The van der Waals surface area contributed by atoms with E-state index in [1.54, 1.807) is 18.7 Å². The smallest absolute Gasteiger partial charge is 0.407 e. The Hall–Kier alpha value is -3.75. The van der Waals surface area contributed by atoms with E-state index in [-0.39, 0.29) is 17.7 Å². The lowest BCUT2D eigenvalue weighted by molar-refractivity contribution is -0.147. The molecule has 1 atom stereocenters. The van der Waals surface area contributed by atoms with Gasteiger partial charge >= 0.3 is 6.09 Å².